The molecule has 0 spiro atoms. The minimum atomic E-state index is -0.149. The van der Waals surface area contributed by atoms with Gasteiger partial charge < -0.3 is 9.88 Å². The lowest BCUT2D eigenvalue weighted by Gasteiger charge is -2.31. The Morgan fingerprint density at radius 1 is 1.42 bits per heavy atom. The second-order valence-corrected chi connectivity index (χ2v) is 5.55. The van der Waals surface area contributed by atoms with Crippen molar-refractivity contribution >= 4 is 27.4 Å². The normalized spacial score (nSPS) is 14.3. The Labute approximate surface area is 119 Å². The van der Waals surface area contributed by atoms with Crippen LogP contribution in [0.25, 0.3) is 0 Å². The molecule has 0 bridgehead atoms. The topological polar surface area (TPSA) is 49.0 Å². The van der Waals surface area contributed by atoms with E-state index in [1.807, 2.05) is 0 Å². The lowest BCUT2D eigenvalue weighted by molar-refractivity contribution is 0.755. The quantitative estimate of drug-likeness (QED) is 0.879. The Bertz CT molecular complexity index is 681. The van der Waals surface area contributed by atoms with Crippen molar-refractivity contribution in [3.8, 4) is 0 Å². The summed E-state index contributed by atoms with van der Waals surface area (Å²) in [7, 11) is 0. The third-order valence-corrected chi connectivity index (χ3v) is 4.10. The van der Waals surface area contributed by atoms with E-state index in [1.54, 1.807) is 0 Å². The zero-order valence-electron chi connectivity index (χ0n) is 10.6. The van der Waals surface area contributed by atoms with Gasteiger partial charge in [0.25, 0.3) is 5.56 Å². The van der Waals surface area contributed by atoms with Crippen LogP contribution in [0, 0.1) is 6.92 Å². The molecule has 5 heteroatoms. The lowest BCUT2D eigenvalue weighted by Crippen LogP contribution is -2.27. The number of anilines is 2. The number of nitrogens with one attached hydrogen (secondary N) is 1. The summed E-state index contributed by atoms with van der Waals surface area (Å²) in [5.41, 5.74) is 3.58. The van der Waals surface area contributed by atoms with Gasteiger partial charge in [0.05, 0.1) is 6.33 Å². The maximum absolute atomic E-state index is 11.7. The van der Waals surface area contributed by atoms with E-state index in [1.165, 1.54) is 17.5 Å². The summed E-state index contributed by atoms with van der Waals surface area (Å²) in [5, 5.41) is 0. The summed E-state index contributed by atoms with van der Waals surface area (Å²) >= 11 is 3.33. The molecule has 0 aliphatic carbocycles. The number of hydrogen-bond acceptors (Lipinski definition) is 3. The average Bonchev–Trinajstić information content (AvgIpc) is 2.41. The summed E-state index contributed by atoms with van der Waals surface area (Å²) in [6.07, 6.45) is 3.59. The predicted molar refractivity (Wildman–Crippen MR) is 79.1 cm³/mol. The first-order valence-corrected chi connectivity index (χ1v) is 7.06. The number of aromatic nitrogens is 2. The minimum absolute atomic E-state index is 0.149. The summed E-state index contributed by atoms with van der Waals surface area (Å²) < 4.78 is 0.489. The van der Waals surface area contributed by atoms with Crippen LogP contribution >= 0.6 is 15.9 Å². The van der Waals surface area contributed by atoms with Crippen LogP contribution in [0.5, 0.6) is 0 Å². The van der Waals surface area contributed by atoms with E-state index in [4.69, 9.17) is 0 Å². The number of nitrogens with zero attached hydrogens (tertiary/aromatic N) is 2. The molecule has 2 heterocycles. The van der Waals surface area contributed by atoms with Crippen LogP contribution in [0.3, 0.4) is 0 Å². The van der Waals surface area contributed by atoms with Crippen LogP contribution in [-0.4, -0.2) is 16.5 Å². The van der Waals surface area contributed by atoms with E-state index in [2.05, 4.69) is 55.9 Å². The number of fused-ring (bicyclic) bond motifs is 1. The second kappa shape index (κ2) is 4.81. The van der Waals surface area contributed by atoms with Crippen LogP contribution in [0.2, 0.25) is 0 Å². The van der Waals surface area contributed by atoms with Gasteiger partial charge in [0.15, 0.2) is 5.82 Å². The zero-order valence-corrected chi connectivity index (χ0v) is 12.2. The third kappa shape index (κ3) is 2.18. The van der Waals surface area contributed by atoms with E-state index in [0.717, 1.165) is 25.1 Å². The van der Waals surface area contributed by atoms with Crippen LogP contribution in [-0.2, 0) is 6.42 Å². The van der Waals surface area contributed by atoms with Crippen molar-refractivity contribution < 1.29 is 0 Å². The van der Waals surface area contributed by atoms with E-state index in [-0.39, 0.29) is 5.56 Å². The molecule has 0 amide bonds. The molecule has 1 aromatic carbocycles. The second-order valence-electron chi connectivity index (χ2n) is 4.76. The number of aromatic amines is 1. The molecule has 4 nitrogen and oxygen atoms in total. The molecule has 0 unspecified atom stereocenters. The molecule has 1 N–H and O–H groups in total. The molecular weight excluding hydrogens is 306 g/mol. The van der Waals surface area contributed by atoms with Gasteiger partial charge in [-0.25, -0.2) is 4.98 Å². The Hall–Kier alpha value is -1.62. The van der Waals surface area contributed by atoms with Crippen molar-refractivity contribution in [2.24, 2.45) is 0 Å². The number of rotatable bonds is 1. The zero-order chi connectivity index (χ0) is 13.4. The van der Waals surface area contributed by atoms with Crippen LogP contribution in [0.15, 0.2) is 33.8 Å². The smallest absolute Gasteiger partial charge is 0.267 e. The van der Waals surface area contributed by atoms with Gasteiger partial charge in [-0.15, -0.1) is 0 Å². The van der Waals surface area contributed by atoms with Crippen LogP contribution in [0.1, 0.15) is 17.5 Å². The Morgan fingerprint density at radius 2 is 2.26 bits per heavy atom. The van der Waals surface area contributed by atoms with Crippen molar-refractivity contribution in [3.63, 3.8) is 0 Å². The van der Waals surface area contributed by atoms with E-state index >= 15 is 0 Å². The molecule has 0 fully saturated rings. The first-order chi connectivity index (χ1) is 9.16. The van der Waals surface area contributed by atoms with Crippen molar-refractivity contribution in [2.75, 3.05) is 11.4 Å². The van der Waals surface area contributed by atoms with Gasteiger partial charge >= 0.3 is 0 Å². The number of H-pyrrole nitrogens is 1. The highest BCUT2D eigenvalue weighted by atomic mass is 79.9. The average molecular weight is 320 g/mol. The van der Waals surface area contributed by atoms with E-state index in [9.17, 15) is 4.79 Å². The fourth-order valence-corrected chi connectivity index (χ4v) is 2.94. The standard InChI is InChI=1S/C14H14BrN3O/c1-9-4-5-11-10(7-9)3-2-6-18(11)13-12(15)14(19)17-8-16-13/h4-5,7-8H,2-3,6H2,1H3,(H,16,17,19). The summed E-state index contributed by atoms with van der Waals surface area (Å²) in [6.45, 7) is 2.98. The highest BCUT2D eigenvalue weighted by Crippen LogP contribution is 2.34. The van der Waals surface area contributed by atoms with E-state index < -0.39 is 0 Å². The first kappa shape index (κ1) is 12.4. The lowest BCUT2D eigenvalue weighted by atomic mass is 9.99. The number of benzene rings is 1. The minimum Gasteiger partial charge on any atom is -0.325 e. The molecule has 3 rings (SSSR count). The van der Waals surface area contributed by atoms with Gasteiger partial charge in [-0.2, -0.15) is 0 Å². The Morgan fingerprint density at radius 3 is 3.11 bits per heavy atom. The molecule has 0 saturated heterocycles. The summed E-state index contributed by atoms with van der Waals surface area (Å²) in [5.74, 6) is 0.688. The van der Waals surface area contributed by atoms with Crippen molar-refractivity contribution in [2.45, 2.75) is 19.8 Å². The largest absolute Gasteiger partial charge is 0.325 e. The Kier molecular flexibility index (Phi) is 3.14. The van der Waals surface area contributed by atoms with Gasteiger partial charge in [-0.3, -0.25) is 4.79 Å². The predicted octanol–water partition coefficient (Wildman–Crippen LogP) is 2.93. The highest BCUT2D eigenvalue weighted by molar-refractivity contribution is 9.10. The molecule has 0 saturated carbocycles. The first-order valence-electron chi connectivity index (χ1n) is 6.27. The fourth-order valence-electron chi connectivity index (χ4n) is 2.51. The molecule has 0 radical (unpaired) electrons. The van der Waals surface area contributed by atoms with Gasteiger partial charge in [-0.05, 0) is 47.3 Å². The van der Waals surface area contributed by atoms with Crippen molar-refractivity contribution in [1.29, 1.82) is 0 Å². The van der Waals surface area contributed by atoms with Crippen LogP contribution in [0.4, 0.5) is 11.5 Å². The molecule has 1 aromatic heterocycles. The number of aryl methyl sites for hydroxylation is 2. The molecule has 2 aromatic rings. The van der Waals surface area contributed by atoms with E-state index in [0.29, 0.717) is 10.3 Å². The molecule has 1 aliphatic rings. The maximum Gasteiger partial charge on any atom is 0.267 e. The molecule has 1 aliphatic heterocycles. The summed E-state index contributed by atoms with van der Waals surface area (Å²) in [6, 6.07) is 6.42. The van der Waals surface area contributed by atoms with Gasteiger partial charge in [0.1, 0.15) is 4.47 Å². The molecular formula is C14H14BrN3O. The van der Waals surface area contributed by atoms with Crippen molar-refractivity contribution in [1.82, 2.24) is 9.97 Å². The monoisotopic (exact) mass is 319 g/mol. The SMILES string of the molecule is Cc1ccc2c(c1)CCCN2c1nc[nH]c(=O)c1Br. The number of hydrogen-bond donors (Lipinski definition) is 1. The van der Waals surface area contributed by atoms with Gasteiger partial charge in [-0.1, -0.05) is 17.7 Å². The third-order valence-electron chi connectivity index (χ3n) is 3.39. The van der Waals surface area contributed by atoms with Gasteiger partial charge in [0.2, 0.25) is 0 Å². The molecule has 19 heavy (non-hydrogen) atoms. The molecule has 98 valence electrons. The number of halogens is 1. The Balaban J connectivity index is 2.14. The highest BCUT2D eigenvalue weighted by Gasteiger charge is 2.21. The maximum atomic E-state index is 11.7. The fraction of sp³-hybridized carbons (Fsp3) is 0.286. The van der Waals surface area contributed by atoms with Crippen LogP contribution < -0.4 is 10.5 Å². The summed E-state index contributed by atoms with van der Waals surface area (Å²) in [4.78, 5) is 20.7. The van der Waals surface area contributed by atoms with Crippen molar-refractivity contribution in [3.05, 3.63) is 50.5 Å². The van der Waals surface area contributed by atoms with Gasteiger partial charge in [0, 0.05) is 12.2 Å². The molecule has 0 atom stereocenters.